The van der Waals surface area contributed by atoms with E-state index in [1.54, 1.807) is 6.20 Å². The molecule has 10 heteroatoms. The molecule has 0 unspecified atom stereocenters. The molecular weight excluding hydrogens is 399 g/mol. The summed E-state index contributed by atoms with van der Waals surface area (Å²) in [4.78, 5) is 31.5. The van der Waals surface area contributed by atoms with Gasteiger partial charge in [0.25, 0.3) is 0 Å². The Morgan fingerprint density at radius 1 is 1.41 bits per heavy atom. The highest BCUT2D eigenvalue weighted by Gasteiger charge is 2.22. The van der Waals surface area contributed by atoms with Crippen molar-refractivity contribution in [3.8, 4) is 0 Å². The molecule has 1 N–H and O–H groups in total. The molecule has 0 radical (unpaired) electrons. The van der Waals surface area contributed by atoms with Gasteiger partial charge in [-0.25, -0.2) is 23.3 Å². The van der Waals surface area contributed by atoms with Crippen molar-refractivity contribution in [3.63, 3.8) is 0 Å². The summed E-state index contributed by atoms with van der Waals surface area (Å²) in [5, 5.41) is 6.98. The first-order valence-corrected chi connectivity index (χ1v) is 9.74. The third-order valence-corrected chi connectivity index (χ3v) is 5.17. The lowest BCUT2D eigenvalue weighted by atomic mass is 10.0. The van der Waals surface area contributed by atoms with Crippen molar-refractivity contribution >= 4 is 34.7 Å². The minimum Gasteiger partial charge on any atom is -0.353 e. The first-order valence-electron chi connectivity index (χ1n) is 9.36. The SMILES string of the molecule is C[C@@H]1CCCN(c2nccn3c(=O)n(CC(=O)Nc4ccc(Cl)cc4F)nc23)C1. The smallest absolute Gasteiger partial charge is 0.350 e. The van der Waals surface area contributed by atoms with Crippen LogP contribution in [0.3, 0.4) is 0 Å². The van der Waals surface area contributed by atoms with E-state index in [9.17, 15) is 14.0 Å². The van der Waals surface area contributed by atoms with Gasteiger partial charge in [0, 0.05) is 30.5 Å². The molecule has 1 aliphatic heterocycles. The Morgan fingerprint density at radius 2 is 2.24 bits per heavy atom. The minimum absolute atomic E-state index is 0.0131. The molecule has 1 fully saturated rings. The lowest BCUT2D eigenvalue weighted by molar-refractivity contribution is -0.117. The molecular formula is C19H20ClFN6O2. The number of anilines is 2. The van der Waals surface area contributed by atoms with Crippen LogP contribution in [0.1, 0.15) is 19.8 Å². The number of hydrogen-bond acceptors (Lipinski definition) is 5. The number of benzene rings is 1. The Hall–Kier alpha value is -2.94. The topological polar surface area (TPSA) is 84.5 Å². The number of fused-ring (bicyclic) bond motifs is 1. The minimum atomic E-state index is -0.654. The van der Waals surface area contributed by atoms with Crippen LogP contribution in [0.4, 0.5) is 15.9 Å². The second-order valence-corrected chi connectivity index (χ2v) is 7.69. The highest BCUT2D eigenvalue weighted by molar-refractivity contribution is 6.30. The van der Waals surface area contributed by atoms with Crippen LogP contribution in [0, 0.1) is 11.7 Å². The molecule has 0 bridgehead atoms. The van der Waals surface area contributed by atoms with E-state index in [2.05, 4.69) is 27.2 Å². The van der Waals surface area contributed by atoms with Crippen molar-refractivity contribution < 1.29 is 9.18 Å². The molecule has 4 rings (SSSR count). The summed E-state index contributed by atoms with van der Waals surface area (Å²) < 4.78 is 16.3. The molecule has 1 aliphatic rings. The fourth-order valence-corrected chi connectivity index (χ4v) is 3.72. The largest absolute Gasteiger partial charge is 0.353 e. The summed E-state index contributed by atoms with van der Waals surface area (Å²) >= 11 is 5.72. The van der Waals surface area contributed by atoms with Crippen molar-refractivity contribution in [2.75, 3.05) is 23.3 Å². The van der Waals surface area contributed by atoms with E-state index in [1.165, 1.54) is 22.7 Å². The second-order valence-electron chi connectivity index (χ2n) is 7.25. The Kier molecular flexibility index (Phi) is 5.23. The number of hydrogen-bond donors (Lipinski definition) is 1. The van der Waals surface area contributed by atoms with E-state index in [0.717, 1.165) is 36.7 Å². The molecule has 1 amide bonds. The van der Waals surface area contributed by atoms with Crippen molar-refractivity contribution in [3.05, 3.63) is 51.9 Å². The third kappa shape index (κ3) is 3.95. The molecule has 3 heterocycles. The zero-order valence-corrected chi connectivity index (χ0v) is 16.6. The number of nitrogens with one attached hydrogen (secondary N) is 1. The van der Waals surface area contributed by atoms with E-state index in [-0.39, 0.29) is 17.3 Å². The lowest BCUT2D eigenvalue weighted by Gasteiger charge is -2.31. The van der Waals surface area contributed by atoms with Gasteiger partial charge in [-0.3, -0.25) is 4.79 Å². The molecule has 8 nitrogen and oxygen atoms in total. The predicted octanol–water partition coefficient (Wildman–Crippen LogP) is 2.56. The zero-order chi connectivity index (χ0) is 20.5. The van der Waals surface area contributed by atoms with Gasteiger partial charge in [-0.05, 0) is 37.0 Å². The van der Waals surface area contributed by atoms with Crippen LogP contribution in [0.5, 0.6) is 0 Å². The van der Waals surface area contributed by atoms with Crippen LogP contribution in [-0.2, 0) is 11.3 Å². The van der Waals surface area contributed by atoms with Crippen LogP contribution < -0.4 is 15.9 Å². The van der Waals surface area contributed by atoms with Crippen LogP contribution in [-0.4, -0.2) is 38.2 Å². The van der Waals surface area contributed by atoms with Gasteiger partial charge in [0.15, 0.2) is 5.82 Å². The average Bonchev–Trinajstić information content (AvgIpc) is 3.00. The van der Waals surface area contributed by atoms with Gasteiger partial charge < -0.3 is 10.2 Å². The molecule has 1 aromatic carbocycles. The number of carbonyl (C=O) groups excluding carboxylic acids is 1. The van der Waals surface area contributed by atoms with E-state index in [1.807, 2.05) is 0 Å². The van der Waals surface area contributed by atoms with Gasteiger partial charge in [0.1, 0.15) is 12.4 Å². The summed E-state index contributed by atoms with van der Waals surface area (Å²) in [6.45, 7) is 3.51. The van der Waals surface area contributed by atoms with Gasteiger partial charge in [-0.1, -0.05) is 18.5 Å². The van der Waals surface area contributed by atoms with Crippen molar-refractivity contribution in [1.29, 1.82) is 0 Å². The standard InChI is InChI=1S/C19H20ClFN6O2/c1-12-3-2-7-25(10-12)17-18-24-27(19(29)26(18)8-6-22-17)11-16(28)23-15-5-4-13(20)9-14(15)21/h4-6,8-9,12H,2-3,7,10-11H2,1H3,(H,23,28)/t12-/m1/s1. The van der Waals surface area contributed by atoms with Gasteiger partial charge in [-0.2, -0.15) is 0 Å². The van der Waals surface area contributed by atoms with E-state index in [4.69, 9.17) is 11.6 Å². The summed E-state index contributed by atoms with van der Waals surface area (Å²) in [5.41, 5.74) is -0.0709. The predicted molar refractivity (Wildman–Crippen MR) is 108 cm³/mol. The molecule has 2 aromatic heterocycles. The highest BCUT2D eigenvalue weighted by atomic mass is 35.5. The maximum absolute atomic E-state index is 13.9. The Bertz CT molecular complexity index is 1130. The van der Waals surface area contributed by atoms with Crippen molar-refractivity contribution in [2.45, 2.75) is 26.3 Å². The fourth-order valence-electron chi connectivity index (χ4n) is 3.56. The molecule has 0 aliphatic carbocycles. The maximum Gasteiger partial charge on any atom is 0.350 e. The highest BCUT2D eigenvalue weighted by Crippen LogP contribution is 2.23. The van der Waals surface area contributed by atoms with E-state index < -0.39 is 17.4 Å². The van der Waals surface area contributed by atoms with Crippen LogP contribution >= 0.6 is 11.6 Å². The summed E-state index contributed by atoms with van der Waals surface area (Å²) in [5.74, 6) is -0.0737. The second kappa shape index (κ2) is 7.82. The Morgan fingerprint density at radius 3 is 3.00 bits per heavy atom. The Labute approximate surface area is 170 Å². The molecule has 152 valence electrons. The number of piperidine rings is 1. The maximum atomic E-state index is 13.9. The first kappa shape index (κ1) is 19.4. The molecule has 29 heavy (non-hydrogen) atoms. The molecule has 1 atom stereocenters. The van der Waals surface area contributed by atoms with Crippen molar-refractivity contribution in [2.24, 2.45) is 5.92 Å². The molecule has 0 saturated carbocycles. The number of halogens is 2. The summed E-state index contributed by atoms with van der Waals surface area (Å²) in [6, 6.07) is 3.93. The van der Waals surface area contributed by atoms with Gasteiger partial charge in [0.2, 0.25) is 11.6 Å². The summed E-state index contributed by atoms with van der Waals surface area (Å²) in [6.07, 6.45) is 5.28. The van der Waals surface area contributed by atoms with Gasteiger partial charge >= 0.3 is 5.69 Å². The van der Waals surface area contributed by atoms with Crippen LogP contribution in [0.15, 0.2) is 35.4 Å². The number of amides is 1. The van der Waals surface area contributed by atoms with Crippen LogP contribution in [0.25, 0.3) is 5.65 Å². The van der Waals surface area contributed by atoms with E-state index in [0.29, 0.717) is 17.4 Å². The number of nitrogens with zero attached hydrogens (tertiary/aromatic N) is 5. The average molecular weight is 419 g/mol. The number of aromatic nitrogens is 4. The molecule has 0 spiro atoms. The van der Waals surface area contributed by atoms with Crippen LogP contribution in [0.2, 0.25) is 5.02 Å². The normalized spacial score (nSPS) is 16.9. The first-order chi connectivity index (χ1) is 13.9. The fraction of sp³-hybridized carbons (Fsp3) is 0.368. The molecule has 3 aromatic rings. The Balaban J connectivity index is 1.59. The number of rotatable bonds is 4. The quantitative estimate of drug-likeness (QED) is 0.704. The van der Waals surface area contributed by atoms with Gasteiger partial charge in [0.05, 0.1) is 5.69 Å². The zero-order valence-electron chi connectivity index (χ0n) is 15.8. The molecule has 1 saturated heterocycles. The van der Waals surface area contributed by atoms with Crippen molar-refractivity contribution in [1.82, 2.24) is 19.2 Å². The third-order valence-electron chi connectivity index (χ3n) is 4.94. The number of carbonyl (C=O) groups is 1. The monoisotopic (exact) mass is 418 g/mol. The van der Waals surface area contributed by atoms with Gasteiger partial charge in [-0.15, -0.1) is 5.10 Å². The summed E-state index contributed by atoms with van der Waals surface area (Å²) in [7, 11) is 0. The lowest BCUT2D eigenvalue weighted by Crippen LogP contribution is -2.35. The van der Waals surface area contributed by atoms with E-state index >= 15 is 0 Å².